The third-order valence-electron chi connectivity index (χ3n) is 8.71. The number of piperidine rings is 1. The van der Waals surface area contributed by atoms with Crippen molar-refractivity contribution in [3.05, 3.63) is 53.3 Å². The van der Waals surface area contributed by atoms with E-state index in [4.69, 9.17) is 9.57 Å². The molecule has 0 unspecified atom stereocenters. The lowest BCUT2D eigenvalue weighted by molar-refractivity contribution is -0.150. The van der Waals surface area contributed by atoms with Crippen molar-refractivity contribution in [3.63, 3.8) is 0 Å². The molecule has 1 N–H and O–H groups in total. The first-order valence-corrected chi connectivity index (χ1v) is 14.2. The number of carbonyl (C=O) groups is 1. The van der Waals surface area contributed by atoms with Crippen LogP contribution in [0.15, 0.2) is 41.6 Å². The van der Waals surface area contributed by atoms with E-state index in [-0.39, 0.29) is 17.5 Å². The van der Waals surface area contributed by atoms with Crippen molar-refractivity contribution in [2.24, 2.45) is 10.6 Å². The molecule has 1 saturated carbocycles. The number of hydrogen-bond donors (Lipinski definition) is 1. The molecule has 2 aromatic rings. The Hall–Kier alpha value is -3.13. The molecule has 2 saturated heterocycles. The summed E-state index contributed by atoms with van der Waals surface area (Å²) in [4.78, 5) is 22.2. The Morgan fingerprint density at radius 1 is 1.18 bits per heavy atom. The topological polar surface area (TPSA) is 74.6 Å². The number of hydrogen-bond acceptors (Lipinski definition) is 6. The second-order valence-corrected chi connectivity index (χ2v) is 12.5. The second kappa shape index (κ2) is 9.81. The van der Waals surface area contributed by atoms with Crippen molar-refractivity contribution < 1.29 is 23.9 Å². The molecule has 39 heavy (non-hydrogen) atoms. The highest BCUT2D eigenvalue weighted by atomic mass is 19.1. The lowest BCUT2D eigenvalue weighted by atomic mass is 9.80. The number of amidine groups is 1. The highest BCUT2D eigenvalue weighted by Gasteiger charge is 2.51. The van der Waals surface area contributed by atoms with Crippen LogP contribution in [0.4, 0.5) is 4.39 Å². The Morgan fingerprint density at radius 3 is 2.49 bits per heavy atom. The van der Waals surface area contributed by atoms with E-state index in [0.717, 1.165) is 48.8 Å². The molecule has 6 rings (SSSR count). The number of carboxylic acid groups (broad SMARTS) is 1. The van der Waals surface area contributed by atoms with Crippen LogP contribution in [0.1, 0.15) is 69.9 Å². The maximum absolute atomic E-state index is 13.7. The summed E-state index contributed by atoms with van der Waals surface area (Å²) < 4.78 is 20.0. The molecular formula is C31H38FN3O4. The Labute approximate surface area is 229 Å². The zero-order valence-electron chi connectivity index (χ0n) is 23.1. The van der Waals surface area contributed by atoms with Gasteiger partial charge in [0.15, 0.2) is 5.60 Å². The van der Waals surface area contributed by atoms with Crippen molar-refractivity contribution in [2.45, 2.75) is 77.0 Å². The number of ether oxygens (including phenoxy) is 1. The molecule has 3 heterocycles. The van der Waals surface area contributed by atoms with E-state index < -0.39 is 11.4 Å². The molecule has 7 nitrogen and oxygen atoms in total. The fraction of sp³-hybridized carbons (Fsp3) is 0.548. The molecule has 4 aliphatic rings. The summed E-state index contributed by atoms with van der Waals surface area (Å²) in [5.74, 6) is 1.39. The fourth-order valence-electron chi connectivity index (χ4n) is 6.23. The first-order valence-electron chi connectivity index (χ1n) is 14.2. The first kappa shape index (κ1) is 26.1. The van der Waals surface area contributed by atoms with Gasteiger partial charge in [-0.25, -0.2) is 4.39 Å². The van der Waals surface area contributed by atoms with Gasteiger partial charge in [0, 0.05) is 38.3 Å². The molecule has 1 spiro atoms. The van der Waals surface area contributed by atoms with Gasteiger partial charge in [-0.2, -0.15) is 0 Å². The zero-order chi connectivity index (χ0) is 27.4. The SMILES string of the molecule is CC(C)Oc1cc(CN2CC3(CC(N4CCC(C)(C(=O)O)CC4)=NO3)C2)cc(C2CC2)c1-c1ccc(F)cc1. The average molecular weight is 536 g/mol. The lowest BCUT2D eigenvalue weighted by Crippen LogP contribution is -2.61. The summed E-state index contributed by atoms with van der Waals surface area (Å²) >= 11 is 0. The molecule has 208 valence electrons. The van der Waals surface area contributed by atoms with E-state index >= 15 is 0 Å². The average Bonchev–Trinajstić information content (AvgIpc) is 3.63. The molecular weight excluding hydrogens is 497 g/mol. The second-order valence-electron chi connectivity index (χ2n) is 12.5. The van der Waals surface area contributed by atoms with Gasteiger partial charge in [-0.15, -0.1) is 0 Å². The molecule has 3 aliphatic heterocycles. The van der Waals surface area contributed by atoms with E-state index in [9.17, 15) is 14.3 Å². The van der Waals surface area contributed by atoms with Gasteiger partial charge in [-0.3, -0.25) is 9.69 Å². The van der Waals surface area contributed by atoms with Gasteiger partial charge in [-0.05, 0) is 87.3 Å². The summed E-state index contributed by atoms with van der Waals surface area (Å²) in [5, 5.41) is 14.0. The number of carboxylic acids is 1. The summed E-state index contributed by atoms with van der Waals surface area (Å²) in [5.41, 5.74) is 3.67. The largest absolute Gasteiger partial charge is 0.490 e. The number of rotatable bonds is 7. The Bertz CT molecular complexity index is 1270. The normalized spacial score (nSPS) is 22.0. The molecule has 0 atom stereocenters. The molecule has 1 aliphatic carbocycles. The maximum Gasteiger partial charge on any atom is 0.309 e. The van der Waals surface area contributed by atoms with E-state index in [1.54, 1.807) is 0 Å². The number of halogens is 1. The Morgan fingerprint density at radius 2 is 1.87 bits per heavy atom. The minimum absolute atomic E-state index is 0.0318. The van der Waals surface area contributed by atoms with Gasteiger partial charge in [0.2, 0.25) is 0 Å². The van der Waals surface area contributed by atoms with Crippen LogP contribution >= 0.6 is 0 Å². The van der Waals surface area contributed by atoms with Crippen LogP contribution in [0.2, 0.25) is 0 Å². The Kier molecular flexibility index (Phi) is 6.57. The molecule has 0 bridgehead atoms. The first-order chi connectivity index (χ1) is 18.6. The van der Waals surface area contributed by atoms with Crippen molar-refractivity contribution in [2.75, 3.05) is 26.2 Å². The van der Waals surface area contributed by atoms with Gasteiger partial charge in [0.05, 0.1) is 17.9 Å². The minimum atomic E-state index is -0.713. The quantitative estimate of drug-likeness (QED) is 0.495. The Balaban J connectivity index is 1.13. The lowest BCUT2D eigenvalue weighted by Gasteiger charge is -2.46. The third kappa shape index (κ3) is 5.23. The van der Waals surface area contributed by atoms with Gasteiger partial charge < -0.3 is 19.6 Å². The van der Waals surface area contributed by atoms with E-state index in [1.807, 2.05) is 32.9 Å². The van der Waals surface area contributed by atoms with E-state index in [0.29, 0.717) is 31.8 Å². The summed E-state index contributed by atoms with van der Waals surface area (Å²) in [6, 6.07) is 11.2. The van der Waals surface area contributed by atoms with Gasteiger partial charge >= 0.3 is 5.97 Å². The predicted molar refractivity (Wildman–Crippen MR) is 147 cm³/mol. The van der Waals surface area contributed by atoms with Crippen LogP contribution < -0.4 is 4.74 Å². The van der Waals surface area contributed by atoms with Crippen LogP contribution in [-0.4, -0.2) is 64.6 Å². The summed E-state index contributed by atoms with van der Waals surface area (Å²) in [7, 11) is 0. The number of benzene rings is 2. The molecule has 8 heteroatoms. The van der Waals surface area contributed by atoms with Gasteiger partial charge in [-0.1, -0.05) is 23.4 Å². The van der Waals surface area contributed by atoms with Crippen molar-refractivity contribution in [3.8, 4) is 16.9 Å². The van der Waals surface area contributed by atoms with Crippen LogP contribution in [-0.2, 0) is 16.2 Å². The maximum atomic E-state index is 13.7. The van der Waals surface area contributed by atoms with Crippen LogP contribution in [0.5, 0.6) is 5.75 Å². The summed E-state index contributed by atoms with van der Waals surface area (Å²) in [6.07, 6.45) is 4.39. The van der Waals surface area contributed by atoms with E-state index in [2.05, 4.69) is 27.1 Å². The van der Waals surface area contributed by atoms with Gasteiger partial charge in [0.25, 0.3) is 0 Å². The predicted octanol–water partition coefficient (Wildman–Crippen LogP) is 5.63. The zero-order valence-corrected chi connectivity index (χ0v) is 23.1. The third-order valence-corrected chi connectivity index (χ3v) is 8.71. The van der Waals surface area contributed by atoms with E-state index in [1.165, 1.54) is 36.1 Å². The monoisotopic (exact) mass is 535 g/mol. The molecule has 3 fully saturated rings. The standard InChI is InChI=1S/C31H38FN3O4/c1-20(2)38-26-15-21(14-25(22-4-5-22)28(26)23-6-8-24(32)9-7-23)17-34-18-31(19-34)16-27(33-39-31)35-12-10-30(3,11-13-35)29(36)37/h6-9,14-15,20,22H,4-5,10-13,16-19H2,1-3H3,(H,36,37). The minimum Gasteiger partial charge on any atom is -0.490 e. The number of nitrogens with zero attached hydrogens (tertiary/aromatic N) is 3. The molecule has 0 radical (unpaired) electrons. The highest BCUT2D eigenvalue weighted by molar-refractivity contribution is 5.85. The number of oxime groups is 1. The molecule has 0 amide bonds. The van der Waals surface area contributed by atoms with Crippen molar-refractivity contribution >= 4 is 11.8 Å². The highest BCUT2D eigenvalue weighted by Crippen LogP contribution is 2.49. The van der Waals surface area contributed by atoms with Crippen LogP contribution in [0.3, 0.4) is 0 Å². The summed E-state index contributed by atoms with van der Waals surface area (Å²) in [6.45, 7) is 9.73. The van der Waals surface area contributed by atoms with Gasteiger partial charge in [0.1, 0.15) is 17.4 Å². The molecule has 2 aromatic carbocycles. The van der Waals surface area contributed by atoms with Crippen LogP contribution in [0.25, 0.3) is 11.1 Å². The van der Waals surface area contributed by atoms with Crippen LogP contribution in [0, 0.1) is 11.2 Å². The number of likely N-dealkylation sites (tertiary alicyclic amines) is 2. The number of aliphatic carboxylic acids is 1. The van der Waals surface area contributed by atoms with Crippen molar-refractivity contribution in [1.82, 2.24) is 9.80 Å². The van der Waals surface area contributed by atoms with Crippen molar-refractivity contribution in [1.29, 1.82) is 0 Å². The fourth-order valence-corrected chi connectivity index (χ4v) is 6.23. The molecule has 0 aromatic heterocycles. The smallest absolute Gasteiger partial charge is 0.309 e.